The topological polar surface area (TPSA) is 17.1 Å². The van der Waals surface area contributed by atoms with Crippen LogP contribution in [0.5, 0.6) is 0 Å². The second-order valence-corrected chi connectivity index (χ2v) is 2.76. The molecule has 0 spiro atoms. The van der Waals surface area contributed by atoms with Gasteiger partial charge in [-0.2, -0.15) is 0 Å². The summed E-state index contributed by atoms with van der Waals surface area (Å²) in [4.78, 5) is 10.7. The lowest BCUT2D eigenvalue weighted by Gasteiger charge is -2.15. The first-order chi connectivity index (χ1) is 5.29. The Hall–Kier alpha value is -1.08. The number of carbonyl (C=O) groups is 1. The first kappa shape index (κ1) is 6.62. The number of benzene rings is 1. The van der Waals surface area contributed by atoms with E-state index in [1.165, 1.54) is 0 Å². The summed E-state index contributed by atoms with van der Waals surface area (Å²) < 4.78 is 0. The SMILES string of the molecule is O=C(Cl)C1=Cc2ccccc21. The summed E-state index contributed by atoms with van der Waals surface area (Å²) >= 11 is 5.30. The van der Waals surface area contributed by atoms with Crippen LogP contribution in [0.1, 0.15) is 11.1 Å². The zero-order valence-electron chi connectivity index (χ0n) is 5.67. The van der Waals surface area contributed by atoms with Gasteiger partial charge in [0.15, 0.2) is 0 Å². The fraction of sp³-hybridized carbons (Fsp3) is 0. The molecule has 1 nitrogen and oxygen atoms in total. The largest absolute Gasteiger partial charge is 0.276 e. The van der Waals surface area contributed by atoms with Crippen LogP contribution >= 0.6 is 11.6 Å². The Bertz CT molecular complexity index is 352. The number of carbonyl (C=O) groups excluding carboxylic acids is 1. The molecule has 0 aromatic heterocycles. The molecule has 0 saturated heterocycles. The van der Waals surface area contributed by atoms with Gasteiger partial charge in [0, 0.05) is 5.57 Å². The summed E-state index contributed by atoms with van der Waals surface area (Å²) in [6, 6.07) is 7.68. The average Bonchev–Trinajstić information content (AvgIpc) is 1.90. The molecular formula is C9H5ClO. The molecule has 0 aliphatic heterocycles. The van der Waals surface area contributed by atoms with E-state index in [0.717, 1.165) is 11.1 Å². The van der Waals surface area contributed by atoms with Gasteiger partial charge in [-0.3, -0.25) is 4.79 Å². The lowest BCUT2D eigenvalue weighted by molar-refractivity contribution is -0.106. The summed E-state index contributed by atoms with van der Waals surface area (Å²) in [5, 5.41) is -0.372. The van der Waals surface area contributed by atoms with Gasteiger partial charge in [0.1, 0.15) is 0 Å². The fourth-order valence-electron chi connectivity index (χ4n) is 1.19. The molecule has 0 radical (unpaired) electrons. The van der Waals surface area contributed by atoms with Gasteiger partial charge >= 0.3 is 0 Å². The number of allylic oxidation sites excluding steroid dienone is 1. The summed E-state index contributed by atoms with van der Waals surface area (Å²) in [7, 11) is 0. The molecule has 1 aromatic carbocycles. The molecule has 11 heavy (non-hydrogen) atoms. The molecule has 2 heteroatoms. The van der Waals surface area contributed by atoms with Crippen molar-refractivity contribution in [2.45, 2.75) is 0 Å². The molecule has 0 saturated carbocycles. The monoisotopic (exact) mass is 164 g/mol. The first-order valence-corrected chi connectivity index (χ1v) is 3.68. The Morgan fingerprint density at radius 2 is 2.00 bits per heavy atom. The minimum atomic E-state index is -0.372. The van der Waals surface area contributed by atoms with E-state index in [0.29, 0.717) is 5.57 Å². The molecule has 0 bridgehead atoms. The zero-order chi connectivity index (χ0) is 7.84. The summed E-state index contributed by atoms with van der Waals surface area (Å²) in [6.07, 6.45) is 1.80. The van der Waals surface area contributed by atoms with Crippen molar-refractivity contribution in [1.29, 1.82) is 0 Å². The number of fused-ring (bicyclic) bond motifs is 1. The molecular weight excluding hydrogens is 160 g/mol. The van der Waals surface area contributed by atoms with Gasteiger partial charge < -0.3 is 0 Å². The van der Waals surface area contributed by atoms with E-state index in [1.54, 1.807) is 6.08 Å². The Kier molecular flexibility index (Phi) is 1.33. The predicted octanol–water partition coefficient (Wildman–Crippen LogP) is 2.31. The molecule has 0 atom stereocenters. The van der Waals surface area contributed by atoms with E-state index in [-0.39, 0.29) is 5.24 Å². The highest BCUT2D eigenvalue weighted by Gasteiger charge is 2.19. The maximum Gasteiger partial charge on any atom is 0.253 e. The Balaban J connectivity index is 2.46. The van der Waals surface area contributed by atoms with Gasteiger partial charge in [-0.05, 0) is 28.8 Å². The van der Waals surface area contributed by atoms with E-state index >= 15 is 0 Å². The molecule has 0 heterocycles. The number of hydrogen-bond donors (Lipinski definition) is 0. The third-order valence-electron chi connectivity index (χ3n) is 1.76. The van der Waals surface area contributed by atoms with Crippen LogP contribution in [0.25, 0.3) is 11.6 Å². The third-order valence-corrected chi connectivity index (χ3v) is 1.97. The number of halogens is 1. The van der Waals surface area contributed by atoms with Crippen molar-refractivity contribution in [1.82, 2.24) is 0 Å². The molecule has 0 N–H and O–H groups in total. The molecule has 0 amide bonds. The number of rotatable bonds is 1. The maximum atomic E-state index is 10.7. The summed E-state index contributed by atoms with van der Waals surface area (Å²) in [5.41, 5.74) is 2.69. The van der Waals surface area contributed by atoms with Crippen molar-refractivity contribution in [2.75, 3.05) is 0 Å². The molecule has 1 aromatic rings. The van der Waals surface area contributed by atoms with E-state index in [2.05, 4.69) is 0 Å². The lowest BCUT2D eigenvalue weighted by atomic mass is 9.90. The highest BCUT2D eigenvalue weighted by Crippen LogP contribution is 2.33. The normalized spacial score (nSPS) is 13.0. The van der Waals surface area contributed by atoms with Crippen molar-refractivity contribution < 1.29 is 4.79 Å². The van der Waals surface area contributed by atoms with Crippen LogP contribution in [0, 0.1) is 0 Å². The van der Waals surface area contributed by atoms with Crippen molar-refractivity contribution >= 4 is 28.5 Å². The first-order valence-electron chi connectivity index (χ1n) is 3.30. The summed E-state index contributed by atoms with van der Waals surface area (Å²) in [5.74, 6) is 0. The van der Waals surface area contributed by atoms with Gasteiger partial charge in [0.25, 0.3) is 5.24 Å². The van der Waals surface area contributed by atoms with E-state index < -0.39 is 0 Å². The van der Waals surface area contributed by atoms with Gasteiger partial charge in [-0.15, -0.1) is 0 Å². The average molecular weight is 165 g/mol. The van der Waals surface area contributed by atoms with Crippen molar-refractivity contribution in [3.05, 3.63) is 35.4 Å². The Labute approximate surface area is 69.3 Å². The van der Waals surface area contributed by atoms with Crippen LogP contribution in [-0.4, -0.2) is 5.24 Å². The van der Waals surface area contributed by atoms with Crippen LogP contribution in [-0.2, 0) is 4.79 Å². The van der Waals surface area contributed by atoms with Crippen molar-refractivity contribution in [3.63, 3.8) is 0 Å². The smallest absolute Gasteiger partial charge is 0.253 e. The third kappa shape index (κ3) is 0.889. The minimum Gasteiger partial charge on any atom is -0.276 e. The molecule has 1 aliphatic carbocycles. The molecule has 1 aliphatic rings. The quantitative estimate of drug-likeness (QED) is 0.583. The maximum absolute atomic E-state index is 10.7. The highest BCUT2D eigenvalue weighted by molar-refractivity contribution is 6.75. The van der Waals surface area contributed by atoms with Crippen molar-refractivity contribution in [2.24, 2.45) is 0 Å². The zero-order valence-corrected chi connectivity index (χ0v) is 6.43. The fourth-order valence-corrected chi connectivity index (χ4v) is 1.34. The summed E-state index contributed by atoms with van der Waals surface area (Å²) in [6.45, 7) is 0. The van der Waals surface area contributed by atoms with Crippen LogP contribution in [0.15, 0.2) is 24.3 Å². The number of hydrogen-bond acceptors (Lipinski definition) is 1. The molecule has 54 valence electrons. The minimum absolute atomic E-state index is 0.372. The molecule has 0 fully saturated rings. The van der Waals surface area contributed by atoms with Crippen LogP contribution in [0.3, 0.4) is 0 Å². The van der Waals surface area contributed by atoms with Gasteiger partial charge in [-0.1, -0.05) is 24.3 Å². The Morgan fingerprint density at radius 1 is 1.27 bits per heavy atom. The highest BCUT2D eigenvalue weighted by atomic mass is 35.5. The molecule has 2 rings (SSSR count). The second kappa shape index (κ2) is 2.21. The van der Waals surface area contributed by atoms with E-state index in [4.69, 9.17) is 11.6 Å². The molecule has 0 unspecified atom stereocenters. The lowest BCUT2D eigenvalue weighted by Crippen LogP contribution is -2.03. The predicted molar refractivity (Wildman–Crippen MR) is 45.2 cm³/mol. The van der Waals surface area contributed by atoms with E-state index in [1.807, 2.05) is 24.3 Å². The van der Waals surface area contributed by atoms with Gasteiger partial charge in [0.2, 0.25) is 0 Å². The Morgan fingerprint density at radius 3 is 2.64 bits per heavy atom. The van der Waals surface area contributed by atoms with Crippen LogP contribution < -0.4 is 0 Å². The standard InChI is InChI=1S/C9H5ClO/c10-9(11)8-5-6-3-1-2-4-7(6)8/h1-5H. The van der Waals surface area contributed by atoms with E-state index in [9.17, 15) is 4.79 Å². The van der Waals surface area contributed by atoms with Gasteiger partial charge in [0.05, 0.1) is 0 Å². The second-order valence-electron chi connectivity index (χ2n) is 2.42. The van der Waals surface area contributed by atoms with Crippen LogP contribution in [0.2, 0.25) is 0 Å². The van der Waals surface area contributed by atoms with Gasteiger partial charge in [-0.25, -0.2) is 0 Å². The van der Waals surface area contributed by atoms with Crippen molar-refractivity contribution in [3.8, 4) is 0 Å². The van der Waals surface area contributed by atoms with Crippen LogP contribution in [0.4, 0.5) is 0 Å².